The minimum atomic E-state index is -0.227. The SMILES string of the molecule is Cc1cc(NC(=O)c2cccc(Br)c2)nn1-c1ccc(Cl)c(Cl)c1. The molecule has 2 aromatic carbocycles. The third-order valence-electron chi connectivity index (χ3n) is 3.36. The molecule has 1 heterocycles. The zero-order valence-corrected chi connectivity index (χ0v) is 15.7. The van der Waals surface area contributed by atoms with Crippen LogP contribution in [0.1, 0.15) is 16.1 Å². The number of benzene rings is 2. The van der Waals surface area contributed by atoms with Gasteiger partial charge < -0.3 is 5.32 Å². The molecule has 0 unspecified atom stereocenters. The van der Waals surface area contributed by atoms with Gasteiger partial charge in [-0.3, -0.25) is 4.79 Å². The Hall–Kier alpha value is -1.82. The highest BCUT2D eigenvalue weighted by atomic mass is 79.9. The number of halogens is 3. The number of hydrogen-bond donors (Lipinski definition) is 1. The van der Waals surface area contributed by atoms with Crippen molar-refractivity contribution < 1.29 is 4.79 Å². The third-order valence-corrected chi connectivity index (χ3v) is 4.60. The maximum atomic E-state index is 12.3. The fraction of sp³-hybridized carbons (Fsp3) is 0.0588. The van der Waals surface area contributed by atoms with Gasteiger partial charge in [0.05, 0.1) is 15.7 Å². The molecule has 0 aliphatic heterocycles. The van der Waals surface area contributed by atoms with Gasteiger partial charge in [-0.25, -0.2) is 4.68 Å². The lowest BCUT2D eigenvalue weighted by atomic mass is 10.2. The number of carbonyl (C=O) groups is 1. The molecule has 122 valence electrons. The molecule has 0 aliphatic carbocycles. The summed E-state index contributed by atoms with van der Waals surface area (Å²) in [6, 6.07) is 14.2. The Morgan fingerprint density at radius 3 is 2.62 bits per heavy atom. The van der Waals surface area contributed by atoms with E-state index in [0.29, 0.717) is 21.4 Å². The van der Waals surface area contributed by atoms with Gasteiger partial charge in [-0.2, -0.15) is 0 Å². The van der Waals surface area contributed by atoms with Crippen molar-refractivity contribution in [3.63, 3.8) is 0 Å². The van der Waals surface area contributed by atoms with E-state index in [-0.39, 0.29) is 5.91 Å². The zero-order chi connectivity index (χ0) is 17.3. The first-order chi connectivity index (χ1) is 11.4. The third kappa shape index (κ3) is 3.64. The van der Waals surface area contributed by atoms with Crippen molar-refractivity contribution in [3.05, 3.63) is 74.3 Å². The number of rotatable bonds is 3. The number of hydrogen-bond acceptors (Lipinski definition) is 2. The number of nitrogens with zero attached hydrogens (tertiary/aromatic N) is 2. The number of nitrogens with one attached hydrogen (secondary N) is 1. The first-order valence-corrected chi connectivity index (χ1v) is 8.58. The van der Waals surface area contributed by atoms with Gasteiger partial charge in [0.25, 0.3) is 5.91 Å². The van der Waals surface area contributed by atoms with Crippen LogP contribution in [-0.2, 0) is 0 Å². The minimum Gasteiger partial charge on any atom is -0.305 e. The van der Waals surface area contributed by atoms with Gasteiger partial charge in [0.15, 0.2) is 5.82 Å². The molecule has 0 atom stereocenters. The molecule has 0 saturated heterocycles. The summed E-state index contributed by atoms with van der Waals surface area (Å²) in [5.41, 5.74) is 2.17. The molecule has 24 heavy (non-hydrogen) atoms. The Labute approximate surface area is 157 Å². The lowest BCUT2D eigenvalue weighted by Gasteiger charge is -2.06. The van der Waals surface area contributed by atoms with Crippen LogP contribution in [0.25, 0.3) is 5.69 Å². The Morgan fingerprint density at radius 1 is 1.12 bits per heavy atom. The molecule has 0 fully saturated rings. The van der Waals surface area contributed by atoms with E-state index in [1.54, 1.807) is 41.1 Å². The van der Waals surface area contributed by atoms with Gasteiger partial charge in [-0.1, -0.05) is 45.2 Å². The highest BCUT2D eigenvalue weighted by Crippen LogP contribution is 2.25. The topological polar surface area (TPSA) is 46.9 Å². The quantitative estimate of drug-likeness (QED) is 0.603. The Kier molecular flexibility index (Phi) is 4.94. The zero-order valence-electron chi connectivity index (χ0n) is 12.6. The maximum Gasteiger partial charge on any atom is 0.256 e. The van der Waals surface area contributed by atoms with E-state index in [0.717, 1.165) is 15.9 Å². The summed E-state index contributed by atoms with van der Waals surface area (Å²) in [6.45, 7) is 1.89. The van der Waals surface area contributed by atoms with Gasteiger partial charge >= 0.3 is 0 Å². The van der Waals surface area contributed by atoms with Crippen molar-refractivity contribution in [2.45, 2.75) is 6.92 Å². The predicted octanol–water partition coefficient (Wildman–Crippen LogP) is 5.50. The summed E-state index contributed by atoms with van der Waals surface area (Å²) in [5, 5.41) is 8.13. The van der Waals surface area contributed by atoms with Crippen LogP contribution in [0.15, 0.2) is 53.0 Å². The standard InChI is InChI=1S/C17H12BrCl2N3O/c1-10-7-16(21-17(24)11-3-2-4-12(18)8-11)22-23(10)13-5-6-14(19)15(20)9-13/h2-9H,1H3,(H,21,22,24). The van der Waals surface area contributed by atoms with Crippen LogP contribution >= 0.6 is 39.1 Å². The average Bonchev–Trinajstić information content (AvgIpc) is 2.90. The van der Waals surface area contributed by atoms with E-state index < -0.39 is 0 Å². The van der Waals surface area contributed by atoms with Gasteiger partial charge in [-0.05, 0) is 43.3 Å². The Balaban J connectivity index is 1.86. The molecule has 1 N–H and O–H groups in total. The molecule has 3 rings (SSSR count). The number of aryl methyl sites for hydroxylation is 1. The first kappa shape index (κ1) is 17.0. The van der Waals surface area contributed by atoms with Crippen LogP contribution in [0.2, 0.25) is 10.0 Å². The summed E-state index contributed by atoms with van der Waals surface area (Å²) in [7, 11) is 0. The predicted molar refractivity (Wildman–Crippen MR) is 100 cm³/mol. The summed E-state index contributed by atoms with van der Waals surface area (Å²) in [6.07, 6.45) is 0. The number of aromatic nitrogens is 2. The van der Waals surface area contributed by atoms with Crippen molar-refractivity contribution >= 4 is 50.9 Å². The highest BCUT2D eigenvalue weighted by molar-refractivity contribution is 9.10. The molecule has 0 aliphatic rings. The average molecular weight is 425 g/mol. The van der Waals surface area contributed by atoms with Crippen molar-refractivity contribution in [1.29, 1.82) is 0 Å². The number of amides is 1. The summed E-state index contributed by atoms with van der Waals surface area (Å²) in [5.74, 6) is 0.235. The van der Waals surface area contributed by atoms with E-state index in [1.165, 1.54) is 0 Å². The second kappa shape index (κ2) is 6.97. The monoisotopic (exact) mass is 423 g/mol. The molecule has 0 saturated carbocycles. The minimum absolute atomic E-state index is 0.227. The molecular formula is C17H12BrCl2N3O. The summed E-state index contributed by atoms with van der Waals surface area (Å²) in [4.78, 5) is 12.3. The number of carbonyl (C=O) groups excluding carboxylic acids is 1. The molecule has 0 bridgehead atoms. The van der Waals surface area contributed by atoms with Crippen LogP contribution < -0.4 is 5.32 Å². The second-order valence-corrected chi connectivity index (χ2v) is 6.88. The van der Waals surface area contributed by atoms with Gasteiger partial charge in [0.2, 0.25) is 0 Å². The van der Waals surface area contributed by atoms with Gasteiger partial charge in [0, 0.05) is 21.8 Å². The van der Waals surface area contributed by atoms with Crippen molar-refractivity contribution in [2.24, 2.45) is 0 Å². The van der Waals surface area contributed by atoms with E-state index in [4.69, 9.17) is 23.2 Å². The highest BCUT2D eigenvalue weighted by Gasteiger charge is 2.12. The Bertz CT molecular complexity index is 924. The first-order valence-electron chi connectivity index (χ1n) is 7.03. The van der Waals surface area contributed by atoms with E-state index in [1.807, 2.05) is 19.1 Å². The lowest BCUT2D eigenvalue weighted by molar-refractivity contribution is 0.102. The second-order valence-electron chi connectivity index (χ2n) is 5.15. The molecular weight excluding hydrogens is 413 g/mol. The van der Waals surface area contributed by atoms with Crippen LogP contribution in [0.4, 0.5) is 5.82 Å². The fourth-order valence-corrected chi connectivity index (χ4v) is 2.92. The number of anilines is 1. The molecule has 1 amide bonds. The van der Waals surface area contributed by atoms with Crippen molar-refractivity contribution in [2.75, 3.05) is 5.32 Å². The molecule has 3 aromatic rings. The van der Waals surface area contributed by atoms with E-state index in [2.05, 4.69) is 26.3 Å². The van der Waals surface area contributed by atoms with Crippen LogP contribution in [-0.4, -0.2) is 15.7 Å². The lowest BCUT2D eigenvalue weighted by Crippen LogP contribution is -2.12. The fourth-order valence-electron chi connectivity index (χ4n) is 2.23. The summed E-state index contributed by atoms with van der Waals surface area (Å²) >= 11 is 15.3. The van der Waals surface area contributed by atoms with Crippen LogP contribution in [0.5, 0.6) is 0 Å². The summed E-state index contributed by atoms with van der Waals surface area (Å²) < 4.78 is 2.53. The van der Waals surface area contributed by atoms with Crippen LogP contribution in [0.3, 0.4) is 0 Å². The normalized spacial score (nSPS) is 10.7. The van der Waals surface area contributed by atoms with Crippen molar-refractivity contribution in [1.82, 2.24) is 9.78 Å². The van der Waals surface area contributed by atoms with Crippen LogP contribution in [0, 0.1) is 6.92 Å². The van der Waals surface area contributed by atoms with E-state index >= 15 is 0 Å². The molecule has 4 nitrogen and oxygen atoms in total. The maximum absolute atomic E-state index is 12.3. The Morgan fingerprint density at radius 2 is 1.92 bits per heavy atom. The molecule has 0 spiro atoms. The van der Waals surface area contributed by atoms with Crippen molar-refractivity contribution in [3.8, 4) is 5.69 Å². The molecule has 7 heteroatoms. The smallest absolute Gasteiger partial charge is 0.256 e. The van der Waals surface area contributed by atoms with Gasteiger partial charge in [0.1, 0.15) is 0 Å². The largest absolute Gasteiger partial charge is 0.305 e. The molecule has 0 radical (unpaired) electrons. The van der Waals surface area contributed by atoms with E-state index in [9.17, 15) is 4.79 Å². The molecule has 1 aromatic heterocycles. The van der Waals surface area contributed by atoms with Gasteiger partial charge in [-0.15, -0.1) is 5.10 Å².